The molecule has 2 aliphatic rings. The van der Waals surface area contributed by atoms with E-state index < -0.39 is 10.2 Å². The lowest BCUT2D eigenvalue weighted by atomic mass is 9.88. The average molecular weight is 410 g/mol. The molecule has 1 amide bonds. The Hall–Kier alpha value is -1.64. The van der Waals surface area contributed by atoms with Crippen molar-refractivity contribution < 1.29 is 17.9 Å². The van der Waals surface area contributed by atoms with Gasteiger partial charge in [-0.2, -0.15) is 17.0 Å². The average Bonchev–Trinajstić information content (AvgIpc) is 2.61. The normalized spacial score (nSPS) is 25.1. The third kappa shape index (κ3) is 4.34. The number of nitrogens with one attached hydrogen (secondary N) is 1. The van der Waals surface area contributed by atoms with Crippen LogP contribution in [0.3, 0.4) is 0 Å². The molecular formula is C20H31N3O4S. The van der Waals surface area contributed by atoms with Crippen molar-refractivity contribution in [2.75, 3.05) is 27.2 Å². The maximum absolute atomic E-state index is 13.0. The molecule has 28 heavy (non-hydrogen) atoms. The first-order valence-corrected chi connectivity index (χ1v) is 11.2. The molecule has 7 nitrogen and oxygen atoms in total. The molecule has 2 heterocycles. The van der Waals surface area contributed by atoms with Crippen LogP contribution in [0.25, 0.3) is 0 Å². The highest BCUT2D eigenvalue weighted by atomic mass is 32.2. The molecule has 1 saturated heterocycles. The summed E-state index contributed by atoms with van der Waals surface area (Å²) in [5, 5.41) is 3.17. The summed E-state index contributed by atoms with van der Waals surface area (Å²) < 4.78 is 33.6. The zero-order valence-corrected chi connectivity index (χ0v) is 18.2. The highest BCUT2D eigenvalue weighted by molar-refractivity contribution is 7.86. The molecule has 0 saturated carbocycles. The molecule has 1 N–H and O–H groups in total. The van der Waals surface area contributed by atoms with Gasteiger partial charge in [0.1, 0.15) is 11.4 Å². The van der Waals surface area contributed by atoms with E-state index in [9.17, 15) is 13.2 Å². The number of aryl methyl sites for hydroxylation is 1. The van der Waals surface area contributed by atoms with Crippen LogP contribution in [0.1, 0.15) is 50.3 Å². The van der Waals surface area contributed by atoms with Gasteiger partial charge in [-0.15, -0.1) is 0 Å². The summed E-state index contributed by atoms with van der Waals surface area (Å²) in [5.74, 6) is 0.365. The van der Waals surface area contributed by atoms with Gasteiger partial charge in [0.05, 0.1) is 12.0 Å². The number of nitrogens with zero attached hydrogens (tertiary/aromatic N) is 2. The summed E-state index contributed by atoms with van der Waals surface area (Å²) >= 11 is 0. The van der Waals surface area contributed by atoms with Crippen molar-refractivity contribution in [1.82, 2.24) is 13.9 Å². The van der Waals surface area contributed by atoms with E-state index >= 15 is 0 Å². The van der Waals surface area contributed by atoms with Crippen molar-refractivity contribution in [3.63, 3.8) is 0 Å². The first-order chi connectivity index (χ1) is 13.0. The minimum absolute atomic E-state index is 0.0891. The zero-order chi connectivity index (χ0) is 20.7. The highest BCUT2D eigenvalue weighted by Crippen LogP contribution is 2.40. The van der Waals surface area contributed by atoms with E-state index in [1.54, 1.807) is 0 Å². The molecule has 2 atom stereocenters. The Bertz CT molecular complexity index is 851. The fourth-order valence-corrected chi connectivity index (χ4v) is 5.18. The monoisotopic (exact) mass is 409 g/mol. The van der Waals surface area contributed by atoms with Gasteiger partial charge >= 0.3 is 0 Å². The first kappa shape index (κ1) is 21.1. The number of carbonyl (C=O) groups excluding carboxylic acids is 1. The SMILES string of the molecule is Cc1ccc2c(c1)[C@@H](NC(=O)[C@@H]1CCCN(S(=O)(=O)N(C)C)C1)CC(C)(C)O2. The molecule has 1 aromatic carbocycles. The van der Waals surface area contributed by atoms with Crippen molar-refractivity contribution in [2.45, 2.75) is 51.7 Å². The molecule has 0 unspecified atom stereocenters. The summed E-state index contributed by atoms with van der Waals surface area (Å²) in [6, 6.07) is 5.87. The number of hydrogen-bond donors (Lipinski definition) is 1. The minimum Gasteiger partial charge on any atom is -0.487 e. The Morgan fingerprint density at radius 3 is 2.71 bits per heavy atom. The van der Waals surface area contributed by atoms with Gasteiger partial charge in [0.15, 0.2) is 0 Å². The third-order valence-corrected chi connectivity index (χ3v) is 7.39. The van der Waals surface area contributed by atoms with E-state index in [0.717, 1.165) is 16.9 Å². The summed E-state index contributed by atoms with van der Waals surface area (Å²) in [7, 11) is -0.473. The smallest absolute Gasteiger partial charge is 0.281 e. The van der Waals surface area contributed by atoms with Crippen LogP contribution in [0, 0.1) is 12.8 Å². The Morgan fingerprint density at radius 2 is 2.04 bits per heavy atom. The molecule has 3 rings (SSSR count). The van der Waals surface area contributed by atoms with Crippen LogP contribution < -0.4 is 10.1 Å². The van der Waals surface area contributed by atoms with Crippen LogP contribution in [-0.2, 0) is 15.0 Å². The predicted octanol–water partition coefficient (Wildman–Crippen LogP) is 2.23. The Kier molecular flexibility index (Phi) is 5.76. The Morgan fingerprint density at radius 1 is 1.32 bits per heavy atom. The maximum Gasteiger partial charge on any atom is 0.281 e. The van der Waals surface area contributed by atoms with Crippen molar-refractivity contribution in [3.05, 3.63) is 29.3 Å². The molecule has 2 aliphatic heterocycles. The summed E-state index contributed by atoms with van der Waals surface area (Å²) in [5.41, 5.74) is 1.72. The number of rotatable bonds is 4. The summed E-state index contributed by atoms with van der Waals surface area (Å²) in [6.07, 6.45) is 2.04. The van der Waals surface area contributed by atoms with E-state index in [0.29, 0.717) is 25.8 Å². The number of ether oxygens (including phenoxy) is 1. The van der Waals surface area contributed by atoms with Crippen LogP contribution in [0.2, 0.25) is 0 Å². The van der Waals surface area contributed by atoms with E-state index in [1.165, 1.54) is 22.7 Å². The van der Waals surface area contributed by atoms with Gasteiger partial charge in [-0.3, -0.25) is 4.79 Å². The first-order valence-electron chi connectivity index (χ1n) is 9.77. The van der Waals surface area contributed by atoms with Gasteiger partial charge in [0, 0.05) is 39.2 Å². The largest absolute Gasteiger partial charge is 0.487 e. The number of hydrogen-bond acceptors (Lipinski definition) is 4. The van der Waals surface area contributed by atoms with Gasteiger partial charge in [-0.1, -0.05) is 17.7 Å². The number of amides is 1. The molecule has 156 valence electrons. The molecule has 1 fully saturated rings. The van der Waals surface area contributed by atoms with Crippen LogP contribution in [0.15, 0.2) is 18.2 Å². The highest BCUT2D eigenvalue weighted by Gasteiger charge is 2.38. The second kappa shape index (κ2) is 7.65. The lowest BCUT2D eigenvalue weighted by Crippen LogP contribution is -2.50. The van der Waals surface area contributed by atoms with Gasteiger partial charge in [0.2, 0.25) is 5.91 Å². The zero-order valence-electron chi connectivity index (χ0n) is 17.4. The quantitative estimate of drug-likeness (QED) is 0.827. The second-order valence-corrected chi connectivity index (χ2v) is 10.8. The minimum atomic E-state index is -3.51. The fourth-order valence-electron chi connectivity index (χ4n) is 3.99. The third-order valence-electron chi connectivity index (χ3n) is 5.48. The standard InChI is InChI=1S/C20H31N3O4S/c1-14-8-9-18-16(11-14)17(12-20(2,3)27-18)21-19(24)15-7-6-10-23(13-15)28(25,26)22(4)5/h8-9,11,15,17H,6-7,10,12-13H2,1-5H3,(H,21,24)/t15-,17+/m1/s1. The summed E-state index contributed by atoms with van der Waals surface area (Å²) in [4.78, 5) is 13.0. The van der Waals surface area contributed by atoms with E-state index in [2.05, 4.69) is 11.4 Å². The van der Waals surface area contributed by atoms with Crippen LogP contribution in [0.5, 0.6) is 5.75 Å². The van der Waals surface area contributed by atoms with Crippen molar-refractivity contribution in [3.8, 4) is 5.75 Å². The fraction of sp³-hybridized carbons (Fsp3) is 0.650. The lowest BCUT2D eigenvalue weighted by Gasteiger charge is -2.39. The molecule has 0 aliphatic carbocycles. The van der Waals surface area contributed by atoms with E-state index in [-0.39, 0.29) is 30.0 Å². The number of benzene rings is 1. The number of carbonyl (C=O) groups is 1. The molecule has 0 bridgehead atoms. The number of fused-ring (bicyclic) bond motifs is 1. The van der Waals surface area contributed by atoms with Crippen LogP contribution in [-0.4, -0.2) is 55.7 Å². The summed E-state index contributed by atoms with van der Waals surface area (Å²) in [6.45, 7) is 6.72. The van der Waals surface area contributed by atoms with Gasteiger partial charge in [-0.05, 0) is 39.7 Å². The molecule has 1 aromatic rings. The van der Waals surface area contributed by atoms with E-state index in [4.69, 9.17) is 4.74 Å². The molecule has 0 aromatic heterocycles. The van der Waals surface area contributed by atoms with Crippen molar-refractivity contribution in [1.29, 1.82) is 0 Å². The van der Waals surface area contributed by atoms with Gasteiger partial charge in [-0.25, -0.2) is 0 Å². The Labute approximate surface area is 168 Å². The maximum atomic E-state index is 13.0. The second-order valence-electron chi connectivity index (χ2n) is 8.66. The Balaban J connectivity index is 1.77. The molecular weight excluding hydrogens is 378 g/mol. The molecule has 0 radical (unpaired) electrons. The predicted molar refractivity (Wildman–Crippen MR) is 108 cm³/mol. The van der Waals surface area contributed by atoms with E-state index in [1.807, 2.05) is 32.9 Å². The van der Waals surface area contributed by atoms with Gasteiger partial charge < -0.3 is 10.1 Å². The number of piperidine rings is 1. The van der Waals surface area contributed by atoms with Crippen molar-refractivity contribution >= 4 is 16.1 Å². The van der Waals surface area contributed by atoms with Crippen LogP contribution in [0.4, 0.5) is 0 Å². The molecule has 0 spiro atoms. The molecule has 8 heteroatoms. The van der Waals surface area contributed by atoms with Gasteiger partial charge in [0.25, 0.3) is 10.2 Å². The van der Waals surface area contributed by atoms with Crippen LogP contribution >= 0.6 is 0 Å². The topological polar surface area (TPSA) is 79.0 Å². The van der Waals surface area contributed by atoms with Crippen molar-refractivity contribution in [2.24, 2.45) is 5.92 Å². The lowest BCUT2D eigenvalue weighted by molar-refractivity contribution is -0.127.